The molecule has 5 nitrogen and oxygen atoms in total. The predicted molar refractivity (Wildman–Crippen MR) is 90.4 cm³/mol. The molecular formula is C18H26N2O3. The molecule has 0 bridgehead atoms. The fourth-order valence-corrected chi connectivity index (χ4v) is 2.83. The third kappa shape index (κ3) is 6.30. The molecule has 0 spiro atoms. The zero-order valence-corrected chi connectivity index (χ0v) is 13.9. The van der Waals surface area contributed by atoms with Crippen LogP contribution in [0.3, 0.4) is 0 Å². The first kappa shape index (κ1) is 17.3. The molecule has 23 heavy (non-hydrogen) atoms. The minimum Gasteiger partial charge on any atom is -0.447 e. The Hall–Kier alpha value is -2.04. The highest BCUT2D eigenvalue weighted by atomic mass is 16.6. The average Bonchev–Trinajstić information content (AvgIpc) is 2.47. The van der Waals surface area contributed by atoms with Gasteiger partial charge in [-0.05, 0) is 44.4 Å². The van der Waals surface area contributed by atoms with Crippen LogP contribution in [0.15, 0.2) is 24.3 Å². The van der Waals surface area contributed by atoms with Gasteiger partial charge < -0.3 is 10.1 Å². The molecule has 0 heterocycles. The quantitative estimate of drug-likeness (QED) is 0.871. The molecule has 1 aliphatic rings. The Kier molecular flexibility index (Phi) is 6.44. The number of ether oxygens (including phenoxy) is 1. The standard InChI is InChI=1S/C18H26N2O3/c1-13(2)23-18(22)20-16-10-6-7-14(11-16)12-17(21)19-15-8-4-3-5-9-15/h6-7,10-11,13,15H,3-5,8-9,12H2,1-2H3,(H,19,21)(H,20,22). The molecule has 0 saturated heterocycles. The summed E-state index contributed by atoms with van der Waals surface area (Å²) in [7, 11) is 0. The fourth-order valence-electron chi connectivity index (χ4n) is 2.83. The molecule has 2 amide bonds. The molecule has 1 saturated carbocycles. The van der Waals surface area contributed by atoms with E-state index in [0.717, 1.165) is 18.4 Å². The monoisotopic (exact) mass is 318 g/mol. The summed E-state index contributed by atoms with van der Waals surface area (Å²) in [5.41, 5.74) is 1.51. The average molecular weight is 318 g/mol. The Bertz CT molecular complexity index is 537. The van der Waals surface area contributed by atoms with Gasteiger partial charge in [-0.2, -0.15) is 0 Å². The van der Waals surface area contributed by atoms with Gasteiger partial charge >= 0.3 is 6.09 Å². The van der Waals surface area contributed by atoms with Crippen molar-refractivity contribution in [2.45, 2.75) is 64.5 Å². The topological polar surface area (TPSA) is 67.4 Å². The van der Waals surface area contributed by atoms with E-state index in [1.807, 2.05) is 18.2 Å². The van der Waals surface area contributed by atoms with Crippen molar-refractivity contribution in [3.8, 4) is 0 Å². The Morgan fingerprint density at radius 3 is 2.65 bits per heavy atom. The maximum atomic E-state index is 12.1. The van der Waals surface area contributed by atoms with Gasteiger partial charge in [0.25, 0.3) is 0 Å². The second kappa shape index (κ2) is 8.56. The lowest BCUT2D eigenvalue weighted by Gasteiger charge is -2.22. The molecule has 0 atom stereocenters. The molecule has 0 aromatic heterocycles. The first-order chi connectivity index (χ1) is 11.0. The van der Waals surface area contributed by atoms with Crippen LogP contribution in [0.2, 0.25) is 0 Å². The van der Waals surface area contributed by atoms with Crippen LogP contribution in [0.4, 0.5) is 10.5 Å². The minimum absolute atomic E-state index is 0.0406. The van der Waals surface area contributed by atoms with Crippen molar-refractivity contribution in [1.82, 2.24) is 5.32 Å². The van der Waals surface area contributed by atoms with Gasteiger partial charge in [-0.25, -0.2) is 4.79 Å². The van der Waals surface area contributed by atoms with E-state index in [9.17, 15) is 9.59 Å². The van der Waals surface area contributed by atoms with E-state index in [1.165, 1.54) is 19.3 Å². The summed E-state index contributed by atoms with van der Waals surface area (Å²) >= 11 is 0. The molecule has 5 heteroatoms. The van der Waals surface area contributed by atoms with E-state index in [0.29, 0.717) is 18.2 Å². The van der Waals surface area contributed by atoms with Crippen LogP contribution in [-0.2, 0) is 16.0 Å². The van der Waals surface area contributed by atoms with Crippen LogP contribution in [0, 0.1) is 0 Å². The van der Waals surface area contributed by atoms with Crippen molar-refractivity contribution in [2.24, 2.45) is 0 Å². The van der Waals surface area contributed by atoms with Crippen molar-refractivity contribution in [2.75, 3.05) is 5.32 Å². The number of nitrogens with one attached hydrogen (secondary N) is 2. The molecule has 2 N–H and O–H groups in total. The zero-order chi connectivity index (χ0) is 16.7. The van der Waals surface area contributed by atoms with Crippen LogP contribution >= 0.6 is 0 Å². The minimum atomic E-state index is -0.483. The lowest BCUT2D eigenvalue weighted by molar-refractivity contribution is -0.121. The highest BCUT2D eigenvalue weighted by Gasteiger charge is 2.16. The van der Waals surface area contributed by atoms with Crippen molar-refractivity contribution < 1.29 is 14.3 Å². The van der Waals surface area contributed by atoms with Crippen LogP contribution in [0.1, 0.15) is 51.5 Å². The Labute approximate surface area is 137 Å². The first-order valence-electron chi connectivity index (χ1n) is 8.39. The van der Waals surface area contributed by atoms with Crippen LogP contribution in [0.5, 0.6) is 0 Å². The van der Waals surface area contributed by atoms with E-state index in [2.05, 4.69) is 10.6 Å². The number of rotatable bonds is 5. The maximum Gasteiger partial charge on any atom is 0.411 e. The van der Waals surface area contributed by atoms with E-state index in [-0.39, 0.29) is 12.0 Å². The number of hydrogen-bond acceptors (Lipinski definition) is 3. The third-order valence-electron chi connectivity index (χ3n) is 3.85. The summed E-state index contributed by atoms with van der Waals surface area (Å²) in [5.74, 6) is 0.0406. The summed E-state index contributed by atoms with van der Waals surface area (Å²) in [6, 6.07) is 7.62. The number of anilines is 1. The summed E-state index contributed by atoms with van der Waals surface area (Å²) in [6.07, 6.45) is 5.49. The van der Waals surface area contributed by atoms with Crippen molar-refractivity contribution in [3.63, 3.8) is 0 Å². The van der Waals surface area contributed by atoms with E-state index < -0.39 is 6.09 Å². The largest absolute Gasteiger partial charge is 0.447 e. The summed E-state index contributed by atoms with van der Waals surface area (Å²) < 4.78 is 5.05. The maximum absolute atomic E-state index is 12.1. The van der Waals surface area contributed by atoms with Gasteiger partial charge in [0.1, 0.15) is 0 Å². The molecule has 1 fully saturated rings. The van der Waals surface area contributed by atoms with Gasteiger partial charge in [-0.3, -0.25) is 10.1 Å². The Morgan fingerprint density at radius 2 is 1.96 bits per heavy atom. The second-order valence-electron chi connectivity index (χ2n) is 6.36. The number of carbonyl (C=O) groups is 2. The zero-order valence-electron chi connectivity index (χ0n) is 13.9. The Balaban J connectivity index is 1.86. The van der Waals surface area contributed by atoms with E-state index in [4.69, 9.17) is 4.74 Å². The molecule has 0 unspecified atom stereocenters. The van der Waals surface area contributed by atoms with Gasteiger partial charge in [-0.1, -0.05) is 31.4 Å². The second-order valence-corrected chi connectivity index (χ2v) is 6.36. The molecule has 2 rings (SSSR count). The molecular weight excluding hydrogens is 292 g/mol. The normalized spacial score (nSPS) is 15.3. The summed E-state index contributed by atoms with van der Waals surface area (Å²) in [6.45, 7) is 3.59. The number of carbonyl (C=O) groups excluding carboxylic acids is 2. The molecule has 1 aliphatic carbocycles. The van der Waals surface area contributed by atoms with Crippen LogP contribution in [-0.4, -0.2) is 24.1 Å². The number of benzene rings is 1. The van der Waals surface area contributed by atoms with Crippen LogP contribution in [0.25, 0.3) is 0 Å². The predicted octanol–water partition coefficient (Wildman–Crippen LogP) is 3.63. The lowest BCUT2D eigenvalue weighted by atomic mass is 9.95. The van der Waals surface area contributed by atoms with Gasteiger partial charge in [0.15, 0.2) is 0 Å². The number of hydrogen-bond donors (Lipinski definition) is 2. The third-order valence-corrected chi connectivity index (χ3v) is 3.85. The lowest BCUT2D eigenvalue weighted by Crippen LogP contribution is -2.37. The smallest absolute Gasteiger partial charge is 0.411 e. The van der Waals surface area contributed by atoms with Crippen molar-refractivity contribution in [3.05, 3.63) is 29.8 Å². The SMILES string of the molecule is CC(C)OC(=O)Nc1cccc(CC(=O)NC2CCCCC2)c1. The number of amides is 2. The van der Waals surface area contributed by atoms with Gasteiger partial charge in [0.05, 0.1) is 12.5 Å². The van der Waals surface area contributed by atoms with Gasteiger partial charge in [-0.15, -0.1) is 0 Å². The summed E-state index contributed by atoms with van der Waals surface area (Å²) in [4.78, 5) is 23.7. The van der Waals surface area contributed by atoms with E-state index >= 15 is 0 Å². The molecule has 126 valence electrons. The summed E-state index contributed by atoms with van der Waals surface area (Å²) in [5, 5.41) is 5.78. The fraction of sp³-hybridized carbons (Fsp3) is 0.556. The molecule has 1 aromatic carbocycles. The van der Waals surface area contributed by atoms with E-state index in [1.54, 1.807) is 19.9 Å². The molecule has 0 radical (unpaired) electrons. The highest BCUT2D eigenvalue weighted by molar-refractivity contribution is 5.85. The van der Waals surface area contributed by atoms with Crippen LogP contribution < -0.4 is 10.6 Å². The molecule has 1 aromatic rings. The van der Waals surface area contributed by atoms with Gasteiger partial charge in [0, 0.05) is 11.7 Å². The highest BCUT2D eigenvalue weighted by Crippen LogP contribution is 2.18. The Morgan fingerprint density at radius 1 is 1.22 bits per heavy atom. The van der Waals surface area contributed by atoms with Gasteiger partial charge in [0.2, 0.25) is 5.91 Å². The first-order valence-corrected chi connectivity index (χ1v) is 8.39. The molecule has 0 aliphatic heterocycles. The van der Waals surface area contributed by atoms with Crippen molar-refractivity contribution in [1.29, 1.82) is 0 Å². The van der Waals surface area contributed by atoms with Crippen molar-refractivity contribution >= 4 is 17.7 Å².